The fourth-order valence-electron chi connectivity index (χ4n) is 1.46. The van der Waals surface area contributed by atoms with Gasteiger partial charge in [0.25, 0.3) is 0 Å². The third kappa shape index (κ3) is 2.64. The van der Waals surface area contributed by atoms with Crippen LogP contribution in [0.15, 0.2) is 48.6 Å². The standard InChI is InChI=1S/C12H10NO.HI/c14-10-13-9-5-4-8-12(13)11-6-2-1-3-7-11;/h1-8H,9H2;1H/q+1;/p-1. The van der Waals surface area contributed by atoms with E-state index in [0.29, 0.717) is 6.54 Å². The molecule has 1 aromatic rings. The first kappa shape index (κ1) is 11.9. The third-order valence-electron chi connectivity index (χ3n) is 2.15. The molecule has 0 spiro atoms. The second-order valence-electron chi connectivity index (χ2n) is 3.05. The minimum atomic E-state index is 0. The van der Waals surface area contributed by atoms with Crippen molar-refractivity contribution in [2.75, 3.05) is 6.54 Å². The summed E-state index contributed by atoms with van der Waals surface area (Å²) in [5.74, 6) is 0. The van der Waals surface area contributed by atoms with Crippen LogP contribution in [0.2, 0.25) is 0 Å². The largest absolute Gasteiger partial charge is 1.00 e. The minimum Gasteiger partial charge on any atom is -1.00 e. The van der Waals surface area contributed by atoms with Crippen molar-refractivity contribution in [1.29, 1.82) is 0 Å². The molecule has 76 valence electrons. The highest BCUT2D eigenvalue weighted by atomic mass is 127. The van der Waals surface area contributed by atoms with Crippen LogP contribution in [-0.2, 0) is 4.79 Å². The molecule has 0 atom stereocenters. The average Bonchev–Trinajstić information content (AvgIpc) is 2.30. The lowest BCUT2D eigenvalue weighted by Crippen LogP contribution is -3.00. The van der Waals surface area contributed by atoms with Gasteiger partial charge in [0.05, 0.1) is 0 Å². The number of carbonyl (C=O) groups excluding carboxylic acids is 1. The molecule has 3 heteroatoms. The highest BCUT2D eigenvalue weighted by Crippen LogP contribution is 2.16. The predicted molar refractivity (Wildman–Crippen MR) is 54.4 cm³/mol. The fraction of sp³-hybridized carbons (Fsp3) is 0.0833. The maximum absolute atomic E-state index is 10.7. The first-order chi connectivity index (χ1) is 6.92. The molecule has 0 aromatic heterocycles. The van der Waals surface area contributed by atoms with Gasteiger partial charge >= 0.3 is 6.08 Å². The first-order valence-corrected chi connectivity index (χ1v) is 4.49. The number of rotatable bonds is 1. The lowest BCUT2D eigenvalue weighted by molar-refractivity contribution is -0.417. The van der Waals surface area contributed by atoms with E-state index >= 15 is 0 Å². The molecule has 1 aromatic carbocycles. The Kier molecular flexibility index (Phi) is 4.46. The Morgan fingerprint density at radius 2 is 1.93 bits per heavy atom. The van der Waals surface area contributed by atoms with E-state index in [4.69, 9.17) is 0 Å². The van der Waals surface area contributed by atoms with Gasteiger partial charge < -0.3 is 24.0 Å². The number of hydrogen-bond donors (Lipinski definition) is 0. The molecule has 0 fully saturated rings. The SMILES string of the molecule is O=C=[N+]1CC=CC=C1c1ccccc1.[I-]. The molecule has 15 heavy (non-hydrogen) atoms. The van der Waals surface area contributed by atoms with Gasteiger partial charge in [-0.05, 0) is 18.2 Å². The summed E-state index contributed by atoms with van der Waals surface area (Å²) in [6.45, 7) is 0.601. The molecule has 1 heterocycles. The van der Waals surface area contributed by atoms with Gasteiger partial charge in [0.1, 0.15) is 0 Å². The normalized spacial score (nSPS) is 13.9. The van der Waals surface area contributed by atoms with Crippen LogP contribution in [0.5, 0.6) is 0 Å². The van der Waals surface area contributed by atoms with Crippen molar-refractivity contribution in [1.82, 2.24) is 0 Å². The van der Waals surface area contributed by atoms with Gasteiger partial charge in [0.15, 0.2) is 6.54 Å². The van der Waals surface area contributed by atoms with E-state index in [2.05, 4.69) is 0 Å². The second kappa shape index (κ2) is 5.63. The van der Waals surface area contributed by atoms with Crippen molar-refractivity contribution >= 4 is 11.8 Å². The number of allylic oxidation sites excluding steroid dienone is 2. The summed E-state index contributed by atoms with van der Waals surface area (Å²) in [6.07, 6.45) is 7.72. The molecule has 0 aliphatic carbocycles. The van der Waals surface area contributed by atoms with Crippen LogP contribution in [-0.4, -0.2) is 17.2 Å². The quantitative estimate of drug-likeness (QED) is 0.368. The summed E-state index contributed by atoms with van der Waals surface area (Å²) in [7, 11) is 0. The number of halogens is 1. The molecule has 0 N–H and O–H groups in total. The van der Waals surface area contributed by atoms with Gasteiger partial charge in [0.2, 0.25) is 5.70 Å². The summed E-state index contributed by atoms with van der Waals surface area (Å²) in [5.41, 5.74) is 1.95. The van der Waals surface area contributed by atoms with Crippen LogP contribution in [0.25, 0.3) is 5.70 Å². The zero-order valence-electron chi connectivity index (χ0n) is 8.06. The number of isocyanates is 1. The van der Waals surface area contributed by atoms with Gasteiger partial charge in [-0.3, -0.25) is 0 Å². The fourth-order valence-corrected chi connectivity index (χ4v) is 1.46. The maximum Gasteiger partial charge on any atom is 0.430 e. The van der Waals surface area contributed by atoms with Gasteiger partial charge in [-0.15, -0.1) is 4.58 Å². The van der Waals surface area contributed by atoms with E-state index in [9.17, 15) is 4.79 Å². The lowest BCUT2D eigenvalue weighted by atomic mass is 10.1. The van der Waals surface area contributed by atoms with E-state index < -0.39 is 0 Å². The van der Waals surface area contributed by atoms with Crippen molar-refractivity contribution in [2.24, 2.45) is 0 Å². The van der Waals surface area contributed by atoms with Crippen molar-refractivity contribution in [2.45, 2.75) is 0 Å². The van der Waals surface area contributed by atoms with Crippen LogP contribution in [0.1, 0.15) is 5.56 Å². The van der Waals surface area contributed by atoms with Crippen LogP contribution in [0, 0.1) is 0 Å². The first-order valence-electron chi connectivity index (χ1n) is 4.49. The van der Waals surface area contributed by atoms with E-state index in [1.165, 1.54) is 0 Å². The van der Waals surface area contributed by atoms with Crippen molar-refractivity contribution < 1.29 is 33.3 Å². The average molecular weight is 311 g/mol. The van der Waals surface area contributed by atoms with E-state index in [1.54, 1.807) is 4.58 Å². The Hall–Kier alpha value is -1.19. The van der Waals surface area contributed by atoms with E-state index in [1.807, 2.05) is 54.6 Å². The Bertz CT molecular complexity index is 442. The van der Waals surface area contributed by atoms with E-state index in [0.717, 1.165) is 11.3 Å². The van der Waals surface area contributed by atoms with Crippen molar-refractivity contribution in [3.05, 3.63) is 54.1 Å². The number of hydrogen-bond acceptors (Lipinski definition) is 1. The Balaban J connectivity index is 0.00000112. The zero-order chi connectivity index (χ0) is 9.80. The highest BCUT2D eigenvalue weighted by molar-refractivity contribution is 5.62. The molecule has 0 saturated carbocycles. The molecule has 0 saturated heterocycles. The van der Waals surface area contributed by atoms with Gasteiger partial charge in [0, 0.05) is 11.6 Å². The molecular weight excluding hydrogens is 301 g/mol. The molecule has 0 bridgehead atoms. The number of benzene rings is 1. The predicted octanol–water partition coefficient (Wildman–Crippen LogP) is -1.05. The summed E-state index contributed by atoms with van der Waals surface area (Å²) < 4.78 is 1.56. The second-order valence-corrected chi connectivity index (χ2v) is 3.05. The monoisotopic (exact) mass is 311 g/mol. The van der Waals surface area contributed by atoms with Crippen molar-refractivity contribution in [3.63, 3.8) is 0 Å². The van der Waals surface area contributed by atoms with Gasteiger partial charge in [-0.1, -0.05) is 24.3 Å². The molecular formula is C12H10INO. The zero-order valence-corrected chi connectivity index (χ0v) is 10.2. The Labute approximate surface area is 106 Å². The number of nitrogens with zero attached hydrogens (tertiary/aromatic N) is 1. The Morgan fingerprint density at radius 3 is 2.60 bits per heavy atom. The summed E-state index contributed by atoms with van der Waals surface area (Å²) in [5, 5.41) is 0. The third-order valence-corrected chi connectivity index (χ3v) is 2.15. The van der Waals surface area contributed by atoms with Gasteiger partial charge in [-0.25, -0.2) is 0 Å². The maximum atomic E-state index is 10.7. The molecule has 2 rings (SSSR count). The van der Waals surface area contributed by atoms with Crippen LogP contribution >= 0.6 is 0 Å². The molecule has 0 amide bonds. The molecule has 0 unspecified atom stereocenters. The summed E-state index contributed by atoms with van der Waals surface area (Å²) >= 11 is 0. The molecule has 1 aliphatic rings. The van der Waals surface area contributed by atoms with Gasteiger partial charge in [-0.2, -0.15) is 4.79 Å². The molecule has 1 aliphatic heterocycles. The van der Waals surface area contributed by atoms with E-state index in [-0.39, 0.29) is 24.0 Å². The minimum absolute atomic E-state index is 0. The summed E-state index contributed by atoms with van der Waals surface area (Å²) in [6, 6.07) is 9.83. The van der Waals surface area contributed by atoms with Crippen LogP contribution in [0.4, 0.5) is 0 Å². The topological polar surface area (TPSA) is 20.1 Å². The summed E-state index contributed by atoms with van der Waals surface area (Å²) in [4.78, 5) is 10.7. The molecule has 2 nitrogen and oxygen atoms in total. The van der Waals surface area contributed by atoms with Crippen LogP contribution < -0.4 is 24.0 Å². The lowest BCUT2D eigenvalue weighted by Gasteiger charge is -2.03. The Morgan fingerprint density at radius 1 is 1.20 bits per heavy atom. The van der Waals surface area contributed by atoms with Crippen LogP contribution in [0.3, 0.4) is 0 Å². The highest BCUT2D eigenvalue weighted by Gasteiger charge is 2.16. The van der Waals surface area contributed by atoms with Crippen molar-refractivity contribution in [3.8, 4) is 0 Å². The molecule has 0 radical (unpaired) electrons. The smallest absolute Gasteiger partial charge is 0.430 e.